The minimum atomic E-state index is -4.63. The van der Waals surface area contributed by atoms with Gasteiger partial charge in [0, 0.05) is 46.7 Å². The van der Waals surface area contributed by atoms with E-state index in [2.05, 4.69) is 0 Å². The van der Waals surface area contributed by atoms with Gasteiger partial charge >= 0.3 is 6.18 Å². The molecule has 3 aromatic rings. The first-order valence-corrected chi connectivity index (χ1v) is 11.4. The van der Waals surface area contributed by atoms with Crippen LogP contribution in [0.4, 0.5) is 27.6 Å². The first-order chi connectivity index (χ1) is 17.2. The monoisotopic (exact) mass is 504 g/mol. The Morgan fingerprint density at radius 1 is 1.03 bits per heavy atom. The van der Waals surface area contributed by atoms with E-state index in [1.807, 2.05) is 0 Å². The van der Waals surface area contributed by atoms with E-state index in [9.17, 15) is 26.7 Å². The van der Waals surface area contributed by atoms with Gasteiger partial charge in [-0.1, -0.05) is 0 Å². The molecule has 36 heavy (non-hydrogen) atoms. The average Bonchev–Trinajstić information content (AvgIpc) is 3.19. The Labute approximate surface area is 203 Å². The minimum absolute atomic E-state index is 0.0552. The van der Waals surface area contributed by atoms with Crippen LogP contribution >= 0.6 is 0 Å². The highest BCUT2D eigenvalue weighted by Gasteiger charge is 2.35. The molecule has 5 rings (SSSR count). The number of benzene rings is 2. The Kier molecular flexibility index (Phi) is 6.38. The van der Waals surface area contributed by atoms with Gasteiger partial charge in [0.2, 0.25) is 0 Å². The number of ether oxygens (including phenoxy) is 2. The van der Waals surface area contributed by atoms with Crippen molar-refractivity contribution in [2.45, 2.75) is 31.5 Å². The second kappa shape index (κ2) is 9.50. The van der Waals surface area contributed by atoms with Gasteiger partial charge in [-0.05, 0) is 55.3 Å². The van der Waals surface area contributed by atoms with Gasteiger partial charge in [-0.2, -0.15) is 13.2 Å². The van der Waals surface area contributed by atoms with Crippen LogP contribution in [0.5, 0.6) is 5.75 Å². The topological polar surface area (TPSA) is 51.7 Å². The number of pyridine rings is 1. The average molecular weight is 504 g/mol. The van der Waals surface area contributed by atoms with E-state index in [0.717, 1.165) is 25.0 Å². The number of rotatable bonds is 5. The summed E-state index contributed by atoms with van der Waals surface area (Å²) in [4.78, 5) is 19.6. The largest absolute Gasteiger partial charge is 0.483 e. The number of nitrogens with zero attached hydrogens (tertiary/aromatic N) is 2. The lowest BCUT2D eigenvalue weighted by atomic mass is 9.94. The predicted octanol–water partition coefficient (Wildman–Crippen LogP) is 6.02. The zero-order valence-corrected chi connectivity index (χ0v) is 18.9. The molecule has 2 aliphatic rings. The molecule has 10 heteroatoms. The lowest BCUT2D eigenvalue weighted by molar-refractivity contribution is -0.153. The lowest BCUT2D eigenvalue weighted by Gasteiger charge is -2.23. The van der Waals surface area contributed by atoms with Gasteiger partial charge in [0.25, 0.3) is 5.91 Å². The molecule has 0 radical (unpaired) electrons. The molecule has 1 aromatic heterocycles. The molecule has 1 atom stereocenters. The van der Waals surface area contributed by atoms with Crippen LogP contribution in [-0.4, -0.2) is 36.9 Å². The van der Waals surface area contributed by atoms with Crippen molar-refractivity contribution in [3.63, 3.8) is 0 Å². The number of alkyl halides is 3. The SMILES string of the molecule is O=C1c2cc(C3CCCOC3)nc(-c3ccc(F)cc3OCC(F)(F)F)c2CN1c1ccc(F)cc1. The molecule has 0 aliphatic carbocycles. The fourth-order valence-corrected chi connectivity index (χ4v) is 4.52. The van der Waals surface area contributed by atoms with E-state index in [0.29, 0.717) is 35.7 Å². The highest BCUT2D eigenvalue weighted by Crippen LogP contribution is 2.40. The van der Waals surface area contributed by atoms with Gasteiger partial charge in [-0.15, -0.1) is 0 Å². The Balaban J connectivity index is 1.63. The molecule has 2 aromatic carbocycles. The first-order valence-electron chi connectivity index (χ1n) is 11.4. The third-order valence-electron chi connectivity index (χ3n) is 6.24. The summed E-state index contributed by atoms with van der Waals surface area (Å²) in [7, 11) is 0. The van der Waals surface area contributed by atoms with Crippen LogP contribution in [0.2, 0.25) is 0 Å². The van der Waals surface area contributed by atoms with Gasteiger partial charge in [0.15, 0.2) is 6.61 Å². The van der Waals surface area contributed by atoms with Gasteiger partial charge < -0.3 is 14.4 Å². The first kappa shape index (κ1) is 24.2. The van der Waals surface area contributed by atoms with E-state index < -0.39 is 24.4 Å². The third-order valence-corrected chi connectivity index (χ3v) is 6.24. The molecular formula is C26H21F5N2O3. The summed E-state index contributed by atoms with van der Waals surface area (Å²) in [5, 5.41) is 0. The summed E-state index contributed by atoms with van der Waals surface area (Å²) in [5.74, 6) is -2.02. The second-order valence-electron chi connectivity index (χ2n) is 8.75. The maximum absolute atomic E-state index is 14.0. The highest BCUT2D eigenvalue weighted by molar-refractivity contribution is 6.11. The van der Waals surface area contributed by atoms with E-state index in [1.54, 1.807) is 6.07 Å². The predicted molar refractivity (Wildman–Crippen MR) is 121 cm³/mol. The summed E-state index contributed by atoms with van der Waals surface area (Å²) < 4.78 is 76.7. The zero-order chi connectivity index (χ0) is 25.4. The Hall–Kier alpha value is -3.53. The molecule has 188 valence electrons. The standard InChI is InChI=1S/C26H21F5N2O3/c27-16-3-6-18(7-4-16)33-12-21-20(25(33)34)11-22(15-2-1-9-35-13-15)32-24(21)19-8-5-17(28)10-23(19)36-14-26(29,30)31/h3-8,10-11,15H,1-2,9,12-14H2. The fourth-order valence-electron chi connectivity index (χ4n) is 4.52. The summed E-state index contributed by atoms with van der Waals surface area (Å²) in [6.45, 7) is -0.553. The highest BCUT2D eigenvalue weighted by atomic mass is 19.4. The number of hydrogen-bond acceptors (Lipinski definition) is 4. The Morgan fingerprint density at radius 2 is 1.78 bits per heavy atom. The van der Waals surface area contributed by atoms with E-state index in [4.69, 9.17) is 14.5 Å². The number of carbonyl (C=O) groups excluding carboxylic acids is 1. The van der Waals surface area contributed by atoms with Crippen molar-refractivity contribution < 1.29 is 36.2 Å². The van der Waals surface area contributed by atoms with Crippen molar-refractivity contribution in [3.8, 4) is 17.0 Å². The zero-order valence-electron chi connectivity index (χ0n) is 18.9. The van der Waals surface area contributed by atoms with Crippen LogP contribution in [0, 0.1) is 11.6 Å². The number of amides is 1. The third kappa shape index (κ3) is 4.90. The fraction of sp³-hybridized carbons (Fsp3) is 0.308. The molecule has 1 saturated heterocycles. The molecule has 0 spiro atoms. The molecular weight excluding hydrogens is 483 g/mol. The molecule has 0 bridgehead atoms. The molecule has 0 N–H and O–H groups in total. The minimum Gasteiger partial charge on any atom is -0.483 e. The molecule has 3 heterocycles. The maximum Gasteiger partial charge on any atom is 0.422 e. The summed E-state index contributed by atoms with van der Waals surface area (Å²) in [6, 6.07) is 10.4. The van der Waals surface area contributed by atoms with Crippen LogP contribution in [-0.2, 0) is 11.3 Å². The van der Waals surface area contributed by atoms with E-state index in [-0.39, 0.29) is 35.4 Å². The molecule has 1 fully saturated rings. The molecule has 2 aliphatic heterocycles. The number of fused-ring (bicyclic) bond motifs is 1. The summed E-state index contributed by atoms with van der Waals surface area (Å²) in [5.41, 5.74) is 2.19. The molecule has 1 amide bonds. The maximum atomic E-state index is 14.0. The second-order valence-corrected chi connectivity index (χ2v) is 8.75. The number of anilines is 1. The number of carbonyl (C=O) groups is 1. The van der Waals surface area contributed by atoms with Crippen LogP contribution in [0.15, 0.2) is 48.5 Å². The quantitative estimate of drug-likeness (QED) is 0.399. The Morgan fingerprint density at radius 3 is 2.47 bits per heavy atom. The van der Waals surface area contributed by atoms with Crippen molar-refractivity contribution in [1.82, 2.24) is 4.98 Å². The normalized spacial score (nSPS) is 17.9. The van der Waals surface area contributed by atoms with Gasteiger partial charge in [-0.25, -0.2) is 8.78 Å². The lowest BCUT2D eigenvalue weighted by Crippen LogP contribution is -2.23. The molecule has 0 saturated carbocycles. The smallest absolute Gasteiger partial charge is 0.422 e. The van der Waals surface area contributed by atoms with Gasteiger partial charge in [0.1, 0.15) is 17.4 Å². The number of hydrogen-bond donors (Lipinski definition) is 0. The van der Waals surface area contributed by atoms with Crippen molar-refractivity contribution in [3.05, 3.63) is 77.0 Å². The van der Waals surface area contributed by atoms with Gasteiger partial charge in [-0.3, -0.25) is 9.78 Å². The van der Waals surface area contributed by atoms with Crippen LogP contribution in [0.1, 0.15) is 40.4 Å². The van der Waals surface area contributed by atoms with E-state index in [1.165, 1.54) is 35.2 Å². The number of halogens is 5. The summed E-state index contributed by atoms with van der Waals surface area (Å²) in [6.07, 6.45) is -3.07. The summed E-state index contributed by atoms with van der Waals surface area (Å²) >= 11 is 0. The van der Waals surface area contributed by atoms with E-state index >= 15 is 0 Å². The van der Waals surface area contributed by atoms with Crippen LogP contribution in [0.3, 0.4) is 0 Å². The van der Waals surface area contributed by atoms with Crippen molar-refractivity contribution in [1.29, 1.82) is 0 Å². The molecule has 5 nitrogen and oxygen atoms in total. The van der Waals surface area contributed by atoms with Crippen LogP contribution in [0.25, 0.3) is 11.3 Å². The van der Waals surface area contributed by atoms with Crippen molar-refractivity contribution in [2.75, 3.05) is 24.7 Å². The molecule has 1 unspecified atom stereocenters. The van der Waals surface area contributed by atoms with Crippen molar-refractivity contribution in [2.24, 2.45) is 0 Å². The number of aromatic nitrogens is 1. The van der Waals surface area contributed by atoms with Crippen LogP contribution < -0.4 is 9.64 Å². The van der Waals surface area contributed by atoms with Gasteiger partial charge in [0.05, 0.1) is 18.8 Å². The Bertz CT molecular complexity index is 1290. The van der Waals surface area contributed by atoms with Crippen molar-refractivity contribution >= 4 is 11.6 Å².